The lowest BCUT2D eigenvalue weighted by Gasteiger charge is -2.15. The van der Waals surface area contributed by atoms with Gasteiger partial charge in [-0.15, -0.1) is 0 Å². The van der Waals surface area contributed by atoms with E-state index in [4.69, 9.17) is 0 Å². The van der Waals surface area contributed by atoms with Crippen molar-refractivity contribution >= 4 is 31.6 Å². The van der Waals surface area contributed by atoms with Crippen molar-refractivity contribution in [3.63, 3.8) is 0 Å². The minimum absolute atomic E-state index is 0.0359. The van der Waals surface area contributed by atoms with Crippen LogP contribution in [0, 0.1) is 0 Å². The highest BCUT2D eigenvalue weighted by Crippen LogP contribution is 2.36. The van der Waals surface area contributed by atoms with Crippen LogP contribution in [0.3, 0.4) is 0 Å². The summed E-state index contributed by atoms with van der Waals surface area (Å²) in [5.41, 5.74) is -0.789. The Labute approximate surface area is 123 Å². The van der Waals surface area contributed by atoms with E-state index in [0.29, 0.717) is 10.9 Å². The van der Waals surface area contributed by atoms with Crippen molar-refractivity contribution in [3.8, 4) is 0 Å². The second-order valence-corrected chi connectivity index (χ2v) is 6.88. The third-order valence-electron chi connectivity index (χ3n) is 2.32. The number of hydrogen-bond donors (Lipinski definition) is 2. The topological polar surface area (TPSA) is 58.2 Å². The molecule has 0 fully saturated rings. The Morgan fingerprint density at radius 1 is 1.25 bits per heavy atom. The van der Waals surface area contributed by atoms with Crippen molar-refractivity contribution < 1.29 is 21.6 Å². The normalized spacial score (nSPS) is 12.4. The average Bonchev–Trinajstić information content (AvgIpc) is 2.25. The van der Waals surface area contributed by atoms with Gasteiger partial charge in [0.1, 0.15) is 0 Å². The molecule has 2 N–H and O–H groups in total. The van der Waals surface area contributed by atoms with Gasteiger partial charge in [-0.25, -0.2) is 13.1 Å². The lowest BCUT2D eigenvalue weighted by atomic mass is 10.1. The molecule has 0 radical (unpaired) electrons. The molecule has 1 rings (SSSR count). The molecular weight excluding hydrogens is 361 g/mol. The highest BCUT2D eigenvalue weighted by Gasteiger charge is 2.33. The molecule has 0 aliphatic rings. The van der Waals surface area contributed by atoms with Crippen molar-refractivity contribution in [2.45, 2.75) is 12.6 Å². The van der Waals surface area contributed by atoms with Crippen LogP contribution in [-0.2, 0) is 16.2 Å². The Balaban J connectivity index is 2.61. The third-order valence-corrected chi connectivity index (χ3v) is 3.54. The van der Waals surface area contributed by atoms with E-state index in [0.717, 1.165) is 12.3 Å². The molecule has 0 bridgehead atoms. The Morgan fingerprint density at radius 3 is 2.45 bits per heavy atom. The molecule has 0 amide bonds. The minimum atomic E-state index is -4.44. The lowest BCUT2D eigenvalue weighted by Crippen LogP contribution is -2.24. The molecular formula is C11H14BrF3N2O2S. The number of anilines is 1. The van der Waals surface area contributed by atoms with Gasteiger partial charge in [-0.2, -0.15) is 13.2 Å². The molecule has 0 saturated carbocycles. The molecule has 0 heterocycles. The van der Waals surface area contributed by atoms with Crippen LogP contribution >= 0.6 is 15.9 Å². The van der Waals surface area contributed by atoms with Gasteiger partial charge in [0.15, 0.2) is 0 Å². The Kier molecular flexibility index (Phi) is 5.84. The maximum absolute atomic E-state index is 12.8. The predicted molar refractivity (Wildman–Crippen MR) is 75.1 cm³/mol. The number of alkyl halides is 3. The summed E-state index contributed by atoms with van der Waals surface area (Å²) >= 11 is 3.11. The van der Waals surface area contributed by atoms with Gasteiger partial charge in [-0.1, -0.05) is 15.9 Å². The zero-order chi connectivity index (χ0) is 15.4. The fourth-order valence-electron chi connectivity index (χ4n) is 1.48. The summed E-state index contributed by atoms with van der Waals surface area (Å²) in [5, 5.41) is 2.66. The number of rotatable bonds is 6. The van der Waals surface area contributed by atoms with E-state index in [1.165, 1.54) is 12.1 Å². The maximum Gasteiger partial charge on any atom is 0.418 e. The van der Waals surface area contributed by atoms with Crippen LogP contribution in [-0.4, -0.2) is 27.8 Å². The van der Waals surface area contributed by atoms with Crippen molar-refractivity contribution in [3.05, 3.63) is 28.2 Å². The van der Waals surface area contributed by atoms with E-state index in [-0.39, 0.29) is 18.8 Å². The third kappa shape index (κ3) is 6.10. The smallest absolute Gasteiger partial charge is 0.384 e. The summed E-state index contributed by atoms with van der Waals surface area (Å²) in [4.78, 5) is 0. The largest absolute Gasteiger partial charge is 0.418 e. The van der Waals surface area contributed by atoms with Gasteiger partial charge >= 0.3 is 6.18 Å². The molecule has 0 unspecified atom stereocenters. The first-order chi connectivity index (χ1) is 9.09. The van der Waals surface area contributed by atoms with E-state index >= 15 is 0 Å². The number of hydrogen-bond acceptors (Lipinski definition) is 3. The first kappa shape index (κ1) is 17.3. The Morgan fingerprint density at radius 2 is 1.90 bits per heavy atom. The first-order valence-corrected chi connectivity index (χ1v) is 8.33. The number of benzene rings is 1. The molecule has 9 heteroatoms. The van der Waals surface area contributed by atoms with Gasteiger partial charge in [0.25, 0.3) is 0 Å². The summed E-state index contributed by atoms with van der Waals surface area (Å²) in [7, 11) is -3.27. The van der Waals surface area contributed by atoms with Crippen LogP contribution in [0.2, 0.25) is 0 Å². The predicted octanol–water partition coefficient (Wildman–Crippen LogP) is 2.82. The SMILES string of the molecule is CS(=O)(=O)NCCCNc1cc(Br)ccc1C(F)(F)F. The van der Waals surface area contributed by atoms with Crippen molar-refractivity contribution in [2.24, 2.45) is 0 Å². The van der Waals surface area contributed by atoms with Gasteiger partial charge in [0, 0.05) is 23.2 Å². The molecule has 1 aromatic carbocycles. The molecule has 114 valence electrons. The van der Waals surface area contributed by atoms with E-state index < -0.39 is 21.8 Å². The molecule has 0 aliphatic heterocycles. The van der Waals surface area contributed by atoms with E-state index in [1.807, 2.05) is 0 Å². The van der Waals surface area contributed by atoms with Crippen LogP contribution in [0.4, 0.5) is 18.9 Å². The van der Waals surface area contributed by atoms with Crippen molar-refractivity contribution in [2.75, 3.05) is 24.7 Å². The second kappa shape index (κ2) is 6.77. The first-order valence-electron chi connectivity index (χ1n) is 5.65. The highest BCUT2D eigenvalue weighted by atomic mass is 79.9. The monoisotopic (exact) mass is 374 g/mol. The van der Waals surface area contributed by atoms with Gasteiger partial charge in [0.05, 0.1) is 11.8 Å². The molecule has 4 nitrogen and oxygen atoms in total. The van der Waals surface area contributed by atoms with Crippen LogP contribution in [0.15, 0.2) is 22.7 Å². The maximum atomic E-state index is 12.8. The molecule has 1 aromatic rings. The molecule has 0 atom stereocenters. The molecule has 0 aliphatic carbocycles. The fourth-order valence-corrected chi connectivity index (χ4v) is 2.36. The number of halogens is 4. The van der Waals surface area contributed by atoms with E-state index in [2.05, 4.69) is 26.0 Å². The molecule has 0 spiro atoms. The summed E-state index contributed by atoms with van der Waals surface area (Å²) in [6.07, 6.45) is -3.04. The van der Waals surface area contributed by atoms with Crippen LogP contribution in [0.5, 0.6) is 0 Å². The van der Waals surface area contributed by atoms with Crippen LogP contribution < -0.4 is 10.0 Å². The van der Waals surface area contributed by atoms with E-state index in [1.54, 1.807) is 0 Å². The van der Waals surface area contributed by atoms with Crippen LogP contribution in [0.1, 0.15) is 12.0 Å². The van der Waals surface area contributed by atoms with E-state index in [9.17, 15) is 21.6 Å². The van der Waals surface area contributed by atoms with Crippen molar-refractivity contribution in [1.29, 1.82) is 0 Å². The van der Waals surface area contributed by atoms with Gasteiger partial charge < -0.3 is 5.32 Å². The number of sulfonamides is 1. The Hall–Kier alpha value is -0.800. The minimum Gasteiger partial charge on any atom is -0.384 e. The Bertz CT molecular complexity index is 561. The van der Waals surface area contributed by atoms with Gasteiger partial charge in [0.2, 0.25) is 10.0 Å². The van der Waals surface area contributed by atoms with Crippen molar-refractivity contribution in [1.82, 2.24) is 4.72 Å². The van der Waals surface area contributed by atoms with Gasteiger partial charge in [-0.05, 0) is 24.6 Å². The second-order valence-electron chi connectivity index (χ2n) is 4.13. The number of nitrogens with one attached hydrogen (secondary N) is 2. The molecule has 20 heavy (non-hydrogen) atoms. The lowest BCUT2D eigenvalue weighted by molar-refractivity contribution is -0.137. The molecule has 0 saturated heterocycles. The van der Waals surface area contributed by atoms with Crippen LogP contribution in [0.25, 0.3) is 0 Å². The summed E-state index contributed by atoms with van der Waals surface area (Å²) in [5.74, 6) is 0. The summed E-state index contributed by atoms with van der Waals surface area (Å²) in [6, 6.07) is 3.65. The zero-order valence-electron chi connectivity index (χ0n) is 10.6. The standard InChI is InChI=1S/C11H14BrF3N2O2S/c1-20(18,19)17-6-2-5-16-10-7-8(12)3-4-9(10)11(13,14)15/h3-4,7,16-17H,2,5-6H2,1H3. The molecule has 0 aromatic heterocycles. The quantitative estimate of drug-likeness (QED) is 0.752. The average molecular weight is 375 g/mol. The summed E-state index contributed by atoms with van der Waals surface area (Å²) < 4.78 is 62.7. The highest BCUT2D eigenvalue weighted by molar-refractivity contribution is 9.10. The zero-order valence-corrected chi connectivity index (χ0v) is 13.0. The van der Waals surface area contributed by atoms with Gasteiger partial charge in [-0.3, -0.25) is 0 Å². The fraction of sp³-hybridized carbons (Fsp3) is 0.455. The summed E-state index contributed by atoms with van der Waals surface area (Å²) in [6.45, 7) is 0.392.